The Morgan fingerprint density at radius 1 is 0.291 bits per heavy atom. The van der Waals surface area contributed by atoms with Gasteiger partial charge in [-0.05, 0) is 162 Å². The smallest absolute Gasteiger partial charge is 0.0970 e. The molecular weight excluding hydrogens is 961 g/mol. The molecule has 11 aromatic carbocycles. The molecule has 0 N–H and O–H groups in total. The maximum Gasteiger partial charge on any atom is 0.0970 e. The molecule has 0 radical (unpaired) electrons. The number of benzene rings is 11. The number of anilines is 6. The monoisotopic (exact) mass is 1010 g/mol. The van der Waals surface area contributed by atoms with Crippen molar-refractivity contribution in [1.82, 2.24) is 19.1 Å². The fourth-order valence-electron chi connectivity index (χ4n) is 12.1. The Kier molecular flexibility index (Phi) is 11.0. The first-order valence-corrected chi connectivity index (χ1v) is 26.9. The van der Waals surface area contributed by atoms with Crippen molar-refractivity contribution in [3.8, 4) is 33.6 Å². The zero-order chi connectivity index (χ0) is 52.4. The number of aromatic nitrogens is 4. The summed E-state index contributed by atoms with van der Waals surface area (Å²) in [6.07, 6.45) is 3.70. The second kappa shape index (κ2) is 18.9. The van der Waals surface area contributed by atoms with Crippen molar-refractivity contribution in [3.63, 3.8) is 0 Å². The van der Waals surface area contributed by atoms with E-state index in [4.69, 9.17) is 9.97 Å². The summed E-state index contributed by atoms with van der Waals surface area (Å²) in [5, 5.41) is 6.88. The fraction of sp³-hybridized carbons (Fsp3) is 0.0137. The number of nitrogens with zero attached hydrogens (tertiary/aromatic N) is 6. The molecule has 79 heavy (non-hydrogen) atoms. The fourth-order valence-corrected chi connectivity index (χ4v) is 12.1. The van der Waals surface area contributed by atoms with Crippen LogP contribution in [0.4, 0.5) is 34.1 Å². The highest BCUT2D eigenvalue weighted by atomic mass is 15.1. The Hall–Kier alpha value is -10.6. The molecular formula is C73H50N6. The molecule has 0 saturated heterocycles. The van der Waals surface area contributed by atoms with E-state index in [1.807, 2.05) is 24.5 Å². The van der Waals surface area contributed by atoms with Gasteiger partial charge in [-0.25, -0.2) is 0 Å². The van der Waals surface area contributed by atoms with E-state index >= 15 is 0 Å². The van der Waals surface area contributed by atoms with E-state index in [0.717, 1.165) is 117 Å². The molecule has 0 spiro atoms. The second-order valence-electron chi connectivity index (χ2n) is 20.2. The van der Waals surface area contributed by atoms with E-state index < -0.39 is 0 Å². The number of fused-ring (bicyclic) bond motifs is 9. The Morgan fingerprint density at radius 2 is 0.696 bits per heavy atom. The van der Waals surface area contributed by atoms with Crippen LogP contribution in [0.3, 0.4) is 0 Å². The molecule has 0 fully saturated rings. The van der Waals surface area contributed by atoms with Crippen LogP contribution in [-0.4, -0.2) is 19.1 Å². The van der Waals surface area contributed by atoms with E-state index in [1.165, 1.54) is 21.5 Å². The molecule has 0 aliphatic heterocycles. The average Bonchev–Trinajstić information content (AvgIpc) is 4.22. The molecule has 0 amide bonds. The number of rotatable bonds is 10. The lowest BCUT2D eigenvalue weighted by atomic mass is 9.95. The van der Waals surface area contributed by atoms with Gasteiger partial charge in [-0.3, -0.25) is 9.97 Å². The zero-order valence-electron chi connectivity index (χ0n) is 43.3. The third-order valence-electron chi connectivity index (χ3n) is 15.7. The highest BCUT2D eigenvalue weighted by Gasteiger charge is 2.24. The molecule has 15 aromatic rings. The average molecular weight is 1010 g/mol. The molecule has 0 bridgehead atoms. The topological polar surface area (TPSA) is 42.1 Å². The van der Waals surface area contributed by atoms with Gasteiger partial charge in [0.2, 0.25) is 0 Å². The van der Waals surface area contributed by atoms with Crippen LogP contribution in [0.25, 0.3) is 99.0 Å². The molecule has 372 valence electrons. The summed E-state index contributed by atoms with van der Waals surface area (Å²) < 4.78 is 4.98. The summed E-state index contributed by atoms with van der Waals surface area (Å²) in [6.45, 7) is 2.30. The summed E-state index contributed by atoms with van der Waals surface area (Å²) in [5.41, 5.74) is 20.8. The van der Waals surface area contributed by atoms with Gasteiger partial charge in [0.25, 0.3) is 0 Å². The molecule has 0 saturated carbocycles. The van der Waals surface area contributed by atoms with Crippen LogP contribution in [0.5, 0.6) is 0 Å². The third kappa shape index (κ3) is 7.72. The summed E-state index contributed by atoms with van der Waals surface area (Å²) in [6, 6.07) is 98.7. The number of hydrogen-bond acceptors (Lipinski definition) is 4. The normalized spacial score (nSPS) is 11.6. The van der Waals surface area contributed by atoms with Gasteiger partial charge in [0.15, 0.2) is 0 Å². The molecule has 15 rings (SSSR count). The van der Waals surface area contributed by atoms with Crippen LogP contribution in [0, 0.1) is 6.92 Å². The summed E-state index contributed by atoms with van der Waals surface area (Å²) in [5.74, 6) is 0. The van der Waals surface area contributed by atoms with E-state index in [1.54, 1.807) is 0 Å². The molecule has 0 aliphatic carbocycles. The van der Waals surface area contributed by atoms with Gasteiger partial charge in [0.1, 0.15) is 0 Å². The Bertz CT molecular complexity index is 4480. The first-order chi connectivity index (χ1) is 39.1. The number of hydrogen-bond donors (Lipinski definition) is 0. The predicted octanol–water partition coefficient (Wildman–Crippen LogP) is 19.6. The van der Waals surface area contributed by atoms with E-state index in [9.17, 15) is 0 Å². The molecule has 4 aromatic heterocycles. The Morgan fingerprint density at radius 3 is 1.19 bits per heavy atom. The van der Waals surface area contributed by atoms with Gasteiger partial charge in [-0.15, -0.1) is 0 Å². The van der Waals surface area contributed by atoms with Crippen LogP contribution >= 0.6 is 0 Å². The lowest BCUT2D eigenvalue weighted by Crippen LogP contribution is -2.09. The van der Waals surface area contributed by atoms with Crippen LogP contribution in [0.2, 0.25) is 0 Å². The van der Waals surface area contributed by atoms with Gasteiger partial charge in [-0.2, -0.15) is 0 Å². The van der Waals surface area contributed by atoms with E-state index in [-0.39, 0.29) is 0 Å². The first kappa shape index (κ1) is 45.8. The summed E-state index contributed by atoms with van der Waals surface area (Å²) >= 11 is 0. The Balaban J connectivity index is 0.960. The third-order valence-corrected chi connectivity index (χ3v) is 15.7. The van der Waals surface area contributed by atoms with Crippen LogP contribution < -0.4 is 9.80 Å². The molecule has 0 unspecified atom stereocenters. The number of para-hydroxylation sites is 6. The van der Waals surface area contributed by atoms with Crippen LogP contribution in [-0.2, 0) is 0 Å². The second-order valence-corrected chi connectivity index (χ2v) is 20.2. The van der Waals surface area contributed by atoms with Crippen LogP contribution in [0.1, 0.15) is 5.56 Å². The Labute approximate surface area is 457 Å². The van der Waals surface area contributed by atoms with Crippen LogP contribution in [0.15, 0.2) is 285 Å². The quantitative estimate of drug-likeness (QED) is 0.128. The SMILES string of the molecule is Cc1c(-n2c3ccccc3c3cc(N(c4ccccc4)c4ccccc4)ccc32)cc(-c2ccc(-c3cc4cccnc4c4ncccc34)cc2)cc1-n1c2ccccc2c2cc(N(c3ccccc3)c3ccccc3)ccc21. The largest absolute Gasteiger partial charge is 0.310 e. The molecule has 0 atom stereocenters. The number of pyridine rings is 2. The standard InChI is InChI=1S/C73H50N6/c1-49-70(78-66-32-16-14-29-60(66)64-47-58(38-40-68(64)78)76(54-21-6-2-7-22-54)55-23-8-3-9-24-55)45-53(50-34-36-51(37-35-50)63-44-52-20-18-42-74-72(52)73-62(63)31-19-43-75-73)46-71(49)79-67-33-17-15-30-61(67)65-48-59(39-41-69(65)79)77(56-25-10-4-11-26-56)57-27-12-5-13-28-57/h2-48H,1H3. The van der Waals surface area contributed by atoms with Crippen molar-refractivity contribution in [2.24, 2.45) is 0 Å². The van der Waals surface area contributed by atoms with Crippen molar-refractivity contribution in [1.29, 1.82) is 0 Å². The lowest BCUT2D eigenvalue weighted by molar-refractivity contribution is 1.10. The molecule has 6 heteroatoms. The highest BCUT2D eigenvalue weighted by Crippen LogP contribution is 2.45. The molecule has 0 aliphatic rings. The van der Waals surface area contributed by atoms with Gasteiger partial charge in [0.05, 0.1) is 44.5 Å². The maximum absolute atomic E-state index is 4.83. The van der Waals surface area contributed by atoms with Gasteiger partial charge >= 0.3 is 0 Å². The van der Waals surface area contributed by atoms with Crippen molar-refractivity contribution >= 4 is 99.5 Å². The molecule has 6 nitrogen and oxygen atoms in total. The highest BCUT2D eigenvalue weighted by molar-refractivity contribution is 6.13. The van der Waals surface area contributed by atoms with Crippen molar-refractivity contribution < 1.29 is 0 Å². The minimum Gasteiger partial charge on any atom is -0.310 e. The van der Waals surface area contributed by atoms with E-state index in [0.29, 0.717) is 0 Å². The lowest BCUT2D eigenvalue weighted by Gasteiger charge is -2.25. The van der Waals surface area contributed by atoms with Crippen molar-refractivity contribution in [3.05, 3.63) is 291 Å². The maximum atomic E-state index is 4.83. The first-order valence-electron chi connectivity index (χ1n) is 26.9. The minimum absolute atomic E-state index is 0.907. The van der Waals surface area contributed by atoms with Crippen molar-refractivity contribution in [2.75, 3.05) is 9.80 Å². The zero-order valence-corrected chi connectivity index (χ0v) is 43.3. The van der Waals surface area contributed by atoms with Gasteiger partial charge < -0.3 is 18.9 Å². The summed E-state index contributed by atoms with van der Waals surface area (Å²) in [4.78, 5) is 14.3. The van der Waals surface area contributed by atoms with Gasteiger partial charge in [-0.1, -0.05) is 146 Å². The predicted molar refractivity (Wildman–Crippen MR) is 331 cm³/mol. The van der Waals surface area contributed by atoms with Crippen molar-refractivity contribution in [2.45, 2.75) is 6.92 Å². The molecule has 4 heterocycles. The van der Waals surface area contributed by atoms with Gasteiger partial charge in [0, 0.05) is 78.8 Å². The summed E-state index contributed by atoms with van der Waals surface area (Å²) in [7, 11) is 0. The van der Waals surface area contributed by atoms with E-state index in [2.05, 4.69) is 287 Å². The minimum atomic E-state index is 0.907.